The number of nitrogens with one attached hydrogen (secondary N) is 1. The van der Waals surface area contributed by atoms with Gasteiger partial charge >= 0.3 is 5.97 Å². The number of hydrogen-bond acceptors (Lipinski definition) is 8. The number of carboxylic acid groups (broad SMARTS) is 1. The van der Waals surface area contributed by atoms with Crippen molar-refractivity contribution in [3.8, 4) is 33.7 Å². The lowest BCUT2D eigenvalue weighted by Gasteiger charge is -2.36. The first-order valence-corrected chi connectivity index (χ1v) is 20.8. The molecule has 5 aromatic carbocycles. The third kappa shape index (κ3) is 11.1. The van der Waals surface area contributed by atoms with Crippen LogP contribution >= 0.6 is 11.8 Å². The van der Waals surface area contributed by atoms with E-state index in [-0.39, 0.29) is 31.1 Å². The van der Waals surface area contributed by atoms with Crippen molar-refractivity contribution in [2.45, 2.75) is 81.8 Å². The van der Waals surface area contributed by atoms with Gasteiger partial charge in [-0.15, -0.1) is 0 Å². The van der Waals surface area contributed by atoms with Crippen LogP contribution in [0.25, 0.3) is 33.7 Å². The lowest BCUT2D eigenvalue weighted by atomic mass is 9.99. The minimum atomic E-state index is -0.781. The lowest BCUT2D eigenvalue weighted by Crippen LogP contribution is -2.31. The molecule has 0 bridgehead atoms. The minimum absolute atomic E-state index is 0.0124. The van der Waals surface area contributed by atoms with Crippen LogP contribution < -0.4 is 5.32 Å². The SMILES string of the molecule is O=C(O)CCCCCCC(=O)NCc1cccc(-c2cccc(C3OC(CSc4nc(-c5ccccc5)c(-c5ccccc5)o4)CC(c4ccc(CO)cc4)O3)c2)c1. The number of carboxylic acids is 1. The fraction of sp³-hybridized carbons (Fsp3) is 0.271. The van der Waals surface area contributed by atoms with Crippen molar-refractivity contribution in [1.82, 2.24) is 10.3 Å². The van der Waals surface area contributed by atoms with Crippen LogP contribution in [-0.4, -0.2) is 38.9 Å². The second-order valence-electron chi connectivity index (χ2n) is 14.5. The standard InChI is InChI=1S/C48H48N2O7S/c51-31-33-23-25-35(26-24-33)42-29-41(32-58-48-50-45(36-14-5-3-6-15-36)46(57-48)37-16-7-4-8-17-37)55-47(56-42)40-20-12-19-39(28-40)38-18-11-13-34(27-38)30-49-43(52)21-9-1-2-10-22-44(53)54/h3-8,11-20,23-28,41-42,47,51H,1-2,9-10,21-22,29-32H2,(H,49,52)(H,53,54). The minimum Gasteiger partial charge on any atom is -0.481 e. The van der Waals surface area contributed by atoms with E-state index in [1.807, 2.05) is 109 Å². The smallest absolute Gasteiger partial charge is 0.303 e. The number of aliphatic hydroxyl groups is 1. The van der Waals surface area contributed by atoms with Crippen molar-refractivity contribution in [2.75, 3.05) is 5.75 Å². The Bertz CT molecular complexity index is 2190. The van der Waals surface area contributed by atoms with Gasteiger partial charge < -0.3 is 29.4 Å². The number of nitrogens with zero attached hydrogens (tertiary/aromatic N) is 1. The number of rotatable bonds is 18. The van der Waals surface area contributed by atoms with E-state index in [0.717, 1.165) is 75.2 Å². The molecule has 7 rings (SSSR count). The summed E-state index contributed by atoms with van der Waals surface area (Å²) in [6.45, 7) is 0.390. The second-order valence-corrected chi connectivity index (χ2v) is 15.4. The van der Waals surface area contributed by atoms with E-state index in [0.29, 0.717) is 36.8 Å². The van der Waals surface area contributed by atoms with Crippen LogP contribution in [0.1, 0.15) is 79.6 Å². The van der Waals surface area contributed by atoms with Crippen molar-refractivity contribution in [2.24, 2.45) is 0 Å². The van der Waals surface area contributed by atoms with Gasteiger partial charge in [-0.25, -0.2) is 4.98 Å². The van der Waals surface area contributed by atoms with Crippen molar-refractivity contribution in [1.29, 1.82) is 0 Å². The Morgan fingerprint density at radius 3 is 2.09 bits per heavy atom. The van der Waals surface area contributed by atoms with Gasteiger partial charge in [-0.3, -0.25) is 9.59 Å². The summed E-state index contributed by atoms with van der Waals surface area (Å²) in [6, 6.07) is 44.3. The Hall–Kier alpha value is -5.52. The van der Waals surface area contributed by atoms with E-state index in [4.69, 9.17) is 24.0 Å². The Labute approximate surface area is 343 Å². The molecule has 3 atom stereocenters. The molecule has 1 aliphatic rings. The number of carbonyl (C=O) groups is 2. The summed E-state index contributed by atoms with van der Waals surface area (Å²) < 4.78 is 19.8. The average Bonchev–Trinajstić information content (AvgIpc) is 3.71. The molecular weight excluding hydrogens is 749 g/mol. The number of aromatic nitrogens is 1. The van der Waals surface area contributed by atoms with E-state index in [9.17, 15) is 14.7 Å². The number of aliphatic carboxylic acids is 1. The summed E-state index contributed by atoms with van der Waals surface area (Å²) in [5.41, 5.74) is 8.49. The first kappa shape index (κ1) is 40.7. The Balaban J connectivity index is 1.05. The zero-order valence-electron chi connectivity index (χ0n) is 32.3. The molecule has 1 fully saturated rings. The maximum Gasteiger partial charge on any atom is 0.303 e. The Morgan fingerprint density at radius 2 is 1.36 bits per heavy atom. The molecule has 298 valence electrons. The quantitative estimate of drug-likeness (QED) is 0.0574. The third-order valence-electron chi connectivity index (χ3n) is 10.2. The van der Waals surface area contributed by atoms with Gasteiger partial charge in [-0.05, 0) is 52.8 Å². The molecule has 1 saturated heterocycles. The van der Waals surface area contributed by atoms with Crippen LogP contribution in [0.15, 0.2) is 143 Å². The summed E-state index contributed by atoms with van der Waals surface area (Å²) in [5, 5.41) is 22.1. The van der Waals surface area contributed by atoms with Crippen LogP contribution in [0.5, 0.6) is 0 Å². The Morgan fingerprint density at radius 1 is 0.690 bits per heavy atom. The highest BCUT2D eigenvalue weighted by Gasteiger charge is 2.33. The van der Waals surface area contributed by atoms with Gasteiger partial charge in [0.1, 0.15) is 5.69 Å². The van der Waals surface area contributed by atoms with Crippen LogP contribution in [-0.2, 0) is 32.2 Å². The molecule has 0 saturated carbocycles. The summed E-state index contributed by atoms with van der Waals surface area (Å²) in [4.78, 5) is 28.2. The molecule has 0 radical (unpaired) electrons. The molecule has 1 amide bonds. The van der Waals surface area contributed by atoms with Gasteiger partial charge in [0.05, 0.1) is 18.8 Å². The zero-order chi connectivity index (χ0) is 40.1. The maximum absolute atomic E-state index is 12.5. The van der Waals surface area contributed by atoms with Crippen LogP contribution in [0, 0.1) is 0 Å². The molecule has 2 heterocycles. The number of aliphatic hydroxyl groups excluding tert-OH is 1. The van der Waals surface area contributed by atoms with E-state index >= 15 is 0 Å². The average molecular weight is 797 g/mol. The predicted octanol–water partition coefficient (Wildman–Crippen LogP) is 10.5. The number of oxazole rings is 1. The molecule has 0 spiro atoms. The van der Waals surface area contributed by atoms with Crippen molar-refractivity contribution in [3.05, 3.63) is 156 Å². The van der Waals surface area contributed by atoms with Gasteiger partial charge in [0.25, 0.3) is 5.22 Å². The summed E-state index contributed by atoms with van der Waals surface area (Å²) >= 11 is 1.53. The molecule has 1 aliphatic heterocycles. The Kier molecular flexibility index (Phi) is 14.2. The molecule has 1 aromatic heterocycles. The summed E-state index contributed by atoms with van der Waals surface area (Å²) in [7, 11) is 0. The molecule has 0 aliphatic carbocycles. The number of thioether (sulfide) groups is 1. The van der Waals surface area contributed by atoms with E-state index in [1.165, 1.54) is 11.8 Å². The van der Waals surface area contributed by atoms with Crippen LogP contribution in [0.3, 0.4) is 0 Å². The zero-order valence-corrected chi connectivity index (χ0v) is 33.1. The van der Waals surface area contributed by atoms with Crippen molar-refractivity contribution >= 4 is 23.6 Å². The van der Waals surface area contributed by atoms with Crippen LogP contribution in [0.4, 0.5) is 0 Å². The fourth-order valence-corrected chi connectivity index (χ4v) is 7.90. The fourth-order valence-electron chi connectivity index (χ4n) is 7.06. The highest BCUT2D eigenvalue weighted by Crippen LogP contribution is 2.41. The van der Waals surface area contributed by atoms with Crippen molar-refractivity contribution < 1.29 is 33.7 Å². The summed E-state index contributed by atoms with van der Waals surface area (Å²) in [6.07, 6.45) is 3.15. The predicted molar refractivity (Wildman–Crippen MR) is 226 cm³/mol. The van der Waals surface area contributed by atoms with Gasteiger partial charge in [-0.2, -0.15) is 0 Å². The molecule has 3 unspecified atom stereocenters. The first-order chi connectivity index (χ1) is 28.4. The molecule has 9 nitrogen and oxygen atoms in total. The van der Waals surface area contributed by atoms with Gasteiger partial charge in [0.15, 0.2) is 12.1 Å². The van der Waals surface area contributed by atoms with Crippen LogP contribution in [0.2, 0.25) is 0 Å². The van der Waals surface area contributed by atoms with Gasteiger partial charge in [0.2, 0.25) is 5.91 Å². The summed E-state index contributed by atoms with van der Waals surface area (Å²) in [5.74, 6) is 0.525. The number of amides is 1. The molecular formula is C48H48N2O7S. The first-order valence-electron chi connectivity index (χ1n) is 19.8. The maximum atomic E-state index is 12.5. The number of ether oxygens (including phenoxy) is 2. The third-order valence-corrected chi connectivity index (χ3v) is 11.1. The highest BCUT2D eigenvalue weighted by atomic mass is 32.2. The van der Waals surface area contributed by atoms with E-state index in [1.54, 1.807) is 0 Å². The number of benzene rings is 5. The number of unbranched alkanes of at least 4 members (excludes halogenated alkanes) is 3. The molecule has 6 aromatic rings. The largest absolute Gasteiger partial charge is 0.481 e. The normalized spacial score (nSPS) is 16.5. The molecule has 10 heteroatoms. The monoisotopic (exact) mass is 796 g/mol. The van der Waals surface area contributed by atoms with Crippen molar-refractivity contribution in [3.63, 3.8) is 0 Å². The highest BCUT2D eigenvalue weighted by molar-refractivity contribution is 7.99. The molecule has 58 heavy (non-hydrogen) atoms. The van der Waals surface area contributed by atoms with E-state index in [2.05, 4.69) is 29.6 Å². The topological polar surface area (TPSA) is 131 Å². The van der Waals surface area contributed by atoms with E-state index < -0.39 is 12.3 Å². The number of hydrogen-bond donors (Lipinski definition) is 3. The second kappa shape index (κ2) is 20.3. The number of carbonyl (C=O) groups excluding carboxylic acids is 1. The van der Waals surface area contributed by atoms with Gasteiger partial charge in [0, 0.05) is 48.3 Å². The molecule has 3 N–H and O–H groups in total. The van der Waals surface area contributed by atoms with Gasteiger partial charge in [-0.1, -0.05) is 146 Å². The lowest BCUT2D eigenvalue weighted by molar-refractivity contribution is -0.245.